The predicted octanol–water partition coefficient (Wildman–Crippen LogP) is 3.88. The summed E-state index contributed by atoms with van der Waals surface area (Å²) in [7, 11) is 0. The molecule has 1 N–H and O–H groups in total. The Bertz CT molecular complexity index is 337. The van der Waals surface area contributed by atoms with E-state index >= 15 is 0 Å². The van der Waals surface area contributed by atoms with Crippen molar-refractivity contribution in [2.45, 2.75) is 57.5 Å². The molecule has 0 atom stereocenters. The van der Waals surface area contributed by atoms with E-state index in [4.69, 9.17) is 4.74 Å². The minimum atomic E-state index is -0.0714. The van der Waals surface area contributed by atoms with Gasteiger partial charge < -0.3 is 9.84 Å². The maximum absolute atomic E-state index is 9.52. The second-order valence-corrected chi connectivity index (χ2v) is 5.28. The Hall–Kier alpha value is -1.02. The number of unbranched alkanes of at least 4 members (excludes halogenated alkanes) is 1. The molecule has 0 bridgehead atoms. The second-order valence-electron chi connectivity index (χ2n) is 5.28. The third-order valence-corrected chi connectivity index (χ3v) is 3.81. The highest BCUT2D eigenvalue weighted by Gasteiger charge is 2.20. The van der Waals surface area contributed by atoms with Gasteiger partial charge in [0.15, 0.2) is 0 Å². The molecule has 0 spiro atoms. The van der Waals surface area contributed by atoms with Crippen molar-refractivity contribution in [1.82, 2.24) is 0 Å². The summed E-state index contributed by atoms with van der Waals surface area (Å²) in [6.07, 6.45) is 6.32. The summed E-state index contributed by atoms with van der Waals surface area (Å²) in [5.74, 6) is 1.60. The van der Waals surface area contributed by atoms with Gasteiger partial charge in [-0.3, -0.25) is 0 Å². The SMILES string of the molecule is CCCCOc1ccc(C2CCC(O)CC2)cc1. The molecule has 0 aliphatic heterocycles. The molecule has 100 valence electrons. The maximum atomic E-state index is 9.52. The van der Waals surface area contributed by atoms with Crippen molar-refractivity contribution in [3.8, 4) is 5.75 Å². The summed E-state index contributed by atoms with van der Waals surface area (Å²) in [5.41, 5.74) is 1.39. The third-order valence-electron chi connectivity index (χ3n) is 3.81. The molecule has 1 saturated carbocycles. The molecule has 18 heavy (non-hydrogen) atoms. The highest BCUT2D eigenvalue weighted by molar-refractivity contribution is 5.29. The Labute approximate surface area is 110 Å². The van der Waals surface area contributed by atoms with E-state index in [0.717, 1.165) is 44.5 Å². The smallest absolute Gasteiger partial charge is 0.119 e. The summed E-state index contributed by atoms with van der Waals surface area (Å²) >= 11 is 0. The van der Waals surface area contributed by atoms with Crippen LogP contribution in [0.25, 0.3) is 0 Å². The molecular weight excluding hydrogens is 224 g/mol. The van der Waals surface area contributed by atoms with Gasteiger partial charge in [0.25, 0.3) is 0 Å². The van der Waals surface area contributed by atoms with Gasteiger partial charge in [0, 0.05) is 0 Å². The predicted molar refractivity (Wildman–Crippen MR) is 74.1 cm³/mol. The van der Waals surface area contributed by atoms with Crippen LogP contribution in [0.15, 0.2) is 24.3 Å². The van der Waals surface area contributed by atoms with Crippen LogP contribution in [-0.4, -0.2) is 17.8 Å². The van der Waals surface area contributed by atoms with Crippen molar-refractivity contribution in [1.29, 1.82) is 0 Å². The van der Waals surface area contributed by atoms with E-state index < -0.39 is 0 Å². The average molecular weight is 248 g/mol. The van der Waals surface area contributed by atoms with Crippen LogP contribution in [0.1, 0.15) is 56.9 Å². The molecule has 2 nitrogen and oxygen atoms in total. The zero-order valence-corrected chi connectivity index (χ0v) is 11.3. The molecule has 0 unspecified atom stereocenters. The van der Waals surface area contributed by atoms with Gasteiger partial charge in [-0.05, 0) is 55.7 Å². The van der Waals surface area contributed by atoms with Crippen LogP contribution in [0, 0.1) is 0 Å². The first-order chi connectivity index (χ1) is 8.79. The van der Waals surface area contributed by atoms with Crippen LogP contribution in [-0.2, 0) is 0 Å². The summed E-state index contributed by atoms with van der Waals surface area (Å²) < 4.78 is 5.67. The molecule has 1 aliphatic rings. The Morgan fingerprint density at radius 2 is 1.78 bits per heavy atom. The van der Waals surface area contributed by atoms with E-state index in [1.807, 2.05) is 0 Å². The highest BCUT2D eigenvalue weighted by atomic mass is 16.5. The standard InChI is InChI=1S/C16H24O2/c1-2-3-12-18-16-10-6-14(7-11-16)13-4-8-15(17)9-5-13/h6-7,10-11,13,15,17H,2-5,8-9,12H2,1H3. The molecule has 0 radical (unpaired) electrons. The number of hydrogen-bond acceptors (Lipinski definition) is 2. The summed E-state index contributed by atoms with van der Waals surface area (Å²) in [6.45, 7) is 2.98. The lowest BCUT2D eigenvalue weighted by atomic mass is 9.83. The third kappa shape index (κ3) is 3.74. The van der Waals surface area contributed by atoms with Crippen LogP contribution in [0.3, 0.4) is 0 Å². The number of aliphatic hydroxyl groups is 1. The summed E-state index contributed by atoms with van der Waals surface area (Å²) in [5, 5.41) is 9.52. The van der Waals surface area contributed by atoms with Crippen LogP contribution < -0.4 is 4.74 Å². The largest absolute Gasteiger partial charge is 0.494 e. The van der Waals surface area contributed by atoms with Crippen LogP contribution in [0.5, 0.6) is 5.75 Å². The van der Waals surface area contributed by atoms with Gasteiger partial charge in [-0.15, -0.1) is 0 Å². The van der Waals surface area contributed by atoms with Crippen molar-refractivity contribution in [2.24, 2.45) is 0 Å². The van der Waals surface area contributed by atoms with E-state index in [9.17, 15) is 5.11 Å². The fourth-order valence-corrected chi connectivity index (χ4v) is 2.58. The minimum Gasteiger partial charge on any atom is -0.494 e. The lowest BCUT2D eigenvalue weighted by Gasteiger charge is -2.25. The normalized spacial score (nSPS) is 23.9. The van der Waals surface area contributed by atoms with Crippen molar-refractivity contribution >= 4 is 0 Å². The van der Waals surface area contributed by atoms with E-state index in [0.29, 0.717) is 5.92 Å². The molecule has 0 amide bonds. The van der Waals surface area contributed by atoms with Crippen molar-refractivity contribution in [3.05, 3.63) is 29.8 Å². The van der Waals surface area contributed by atoms with Crippen LogP contribution >= 0.6 is 0 Å². The van der Waals surface area contributed by atoms with Gasteiger partial charge in [0.05, 0.1) is 12.7 Å². The molecule has 0 saturated heterocycles. The van der Waals surface area contributed by atoms with Gasteiger partial charge in [0.2, 0.25) is 0 Å². The Kier molecular flexibility index (Phi) is 5.06. The first kappa shape index (κ1) is 13.4. The highest BCUT2D eigenvalue weighted by Crippen LogP contribution is 2.33. The topological polar surface area (TPSA) is 29.5 Å². The van der Waals surface area contributed by atoms with Crippen LogP contribution in [0.2, 0.25) is 0 Å². The molecule has 1 aliphatic carbocycles. The fraction of sp³-hybridized carbons (Fsp3) is 0.625. The second kappa shape index (κ2) is 6.79. The Balaban J connectivity index is 1.87. The molecule has 0 heterocycles. The first-order valence-corrected chi connectivity index (χ1v) is 7.20. The fourth-order valence-electron chi connectivity index (χ4n) is 2.58. The monoisotopic (exact) mass is 248 g/mol. The van der Waals surface area contributed by atoms with Crippen molar-refractivity contribution in [2.75, 3.05) is 6.61 Å². The molecular formula is C16H24O2. The molecule has 2 rings (SSSR count). The van der Waals surface area contributed by atoms with E-state index in [2.05, 4.69) is 31.2 Å². The molecule has 0 aromatic heterocycles. The number of hydrogen-bond donors (Lipinski definition) is 1. The van der Waals surface area contributed by atoms with Gasteiger partial charge in [-0.1, -0.05) is 25.5 Å². The number of aliphatic hydroxyl groups excluding tert-OH is 1. The number of ether oxygens (including phenoxy) is 1. The Morgan fingerprint density at radius 1 is 1.11 bits per heavy atom. The van der Waals surface area contributed by atoms with Crippen molar-refractivity contribution in [3.63, 3.8) is 0 Å². The molecule has 2 heteroatoms. The zero-order chi connectivity index (χ0) is 12.8. The minimum absolute atomic E-state index is 0.0714. The van der Waals surface area contributed by atoms with E-state index in [-0.39, 0.29) is 6.10 Å². The Morgan fingerprint density at radius 3 is 2.39 bits per heavy atom. The zero-order valence-electron chi connectivity index (χ0n) is 11.3. The van der Waals surface area contributed by atoms with Gasteiger partial charge in [-0.25, -0.2) is 0 Å². The lowest BCUT2D eigenvalue weighted by Crippen LogP contribution is -2.16. The quantitative estimate of drug-likeness (QED) is 0.801. The van der Waals surface area contributed by atoms with Crippen molar-refractivity contribution < 1.29 is 9.84 Å². The van der Waals surface area contributed by atoms with Gasteiger partial charge in [-0.2, -0.15) is 0 Å². The molecule has 1 fully saturated rings. The number of benzene rings is 1. The van der Waals surface area contributed by atoms with Gasteiger partial charge >= 0.3 is 0 Å². The average Bonchev–Trinajstić information content (AvgIpc) is 2.41. The molecule has 1 aromatic rings. The summed E-state index contributed by atoms with van der Waals surface area (Å²) in [6, 6.07) is 8.53. The first-order valence-electron chi connectivity index (χ1n) is 7.20. The summed E-state index contributed by atoms with van der Waals surface area (Å²) in [4.78, 5) is 0. The maximum Gasteiger partial charge on any atom is 0.119 e. The number of rotatable bonds is 5. The lowest BCUT2D eigenvalue weighted by molar-refractivity contribution is 0.122. The molecule has 1 aromatic carbocycles. The van der Waals surface area contributed by atoms with Crippen LogP contribution in [0.4, 0.5) is 0 Å². The van der Waals surface area contributed by atoms with E-state index in [1.165, 1.54) is 12.0 Å². The van der Waals surface area contributed by atoms with Gasteiger partial charge in [0.1, 0.15) is 5.75 Å². The van der Waals surface area contributed by atoms with E-state index in [1.54, 1.807) is 0 Å².